The highest BCUT2D eigenvalue weighted by atomic mass is 19.4. The van der Waals surface area contributed by atoms with Crippen LogP contribution >= 0.6 is 0 Å². The van der Waals surface area contributed by atoms with Gasteiger partial charge in [-0.3, -0.25) is 4.90 Å². The van der Waals surface area contributed by atoms with E-state index < -0.39 is 23.1 Å². The smallest absolute Gasteiger partial charge is 0.416 e. The summed E-state index contributed by atoms with van der Waals surface area (Å²) < 4.78 is 68.3. The Hall–Kier alpha value is -2.49. The summed E-state index contributed by atoms with van der Waals surface area (Å²) in [6.45, 7) is 2.86. The van der Waals surface area contributed by atoms with Crippen LogP contribution in [0.15, 0.2) is 36.4 Å². The number of rotatable bonds is 10. The topological polar surface area (TPSA) is 49.4 Å². The van der Waals surface area contributed by atoms with Crippen LogP contribution in [0.1, 0.15) is 42.9 Å². The zero-order chi connectivity index (χ0) is 25.9. The Labute approximate surface area is 204 Å². The largest absolute Gasteiger partial charge is 0.493 e. The van der Waals surface area contributed by atoms with E-state index in [-0.39, 0.29) is 0 Å². The van der Waals surface area contributed by atoms with Crippen LogP contribution in [0.2, 0.25) is 0 Å². The van der Waals surface area contributed by atoms with Gasteiger partial charge in [-0.15, -0.1) is 0 Å². The molecule has 0 bridgehead atoms. The summed E-state index contributed by atoms with van der Waals surface area (Å²) in [5.74, 6) is 0.373. The van der Waals surface area contributed by atoms with Crippen LogP contribution in [0, 0.1) is 0 Å². The molecule has 0 aliphatic carbocycles. The highest BCUT2D eigenvalue weighted by molar-refractivity contribution is 5.54. The Balaban J connectivity index is 2.00. The highest BCUT2D eigenvalue weighted by Gasteiger charge is 2.44. The fourth-order valence-corrected chi connectivity index (χ4v) is 4.88. The van der Waals surface area contributed by atoms with E-state index in [2.05, 4.69) is 0 Å². The standard InChI is InChI=1S/C26H34F3NO5/c1-7-24(30(2)3,18-8-10-19(11-9-18)26(27,28)29)12-13-25(34-14-15-35-25)20-16-21(31-4)23(33-6)22(17-20)32-5/h8-11,16-17H,7,12-15H2,1-6H3. The minimum absolute atomic E-state index is 0.415. The van der Waals surface area contributed by atoms with Gasteiger partial charge in [-0.05, 0) is 56.8 Å². The number of alkyl halides is 3. The third-order valence-corrected chi connectivity index (χ3v) is 6.92. The van der Waals surface area contributed by atoms with Gasteiger partial charge in [0.05, 0.1) is 40.1 Å². The first kappa shape index (κ1) is 27.1. The molecule has 1 aliphatic rings. The van der Waals surface area contributed by atoms with E-state index in [4.69, 9.17) is 23.7 Å². The molecule has 0 N–H and O–H groups in total. The lowest BCUT2D eigenvalue weighted by Gasteiger charge is -2.42. The van der Waals surface area contributed by atoms with Gasteiger partial charge in [0.25, 0.3) is 0 Å². The van der Waals surface area contributed by atoms with E-state index >= 15 is 0 Å². The molecule has 1 fully saturated rings. The number of methoxy groups -OCH3 is 3. The van der Waals surface area contributed by atoms with Gasteiger partial charge in [-0.1, -0.05) is 19.1 Å². The van der Waals surface area contributed by atoms with Crippen LogP contribution in [0.4, 0.5) is 13.2 Å². The monoisotopic (exact) mass is 497 g/mol. The molecule has 0 saturated carbocycles. The van der Waals surface area contributed by atoms with E-state index in [0.29, 0.717) is 49.7 Å². The quantitative estimate of drug-likeness (QED) is 0.427. The maximum absolute atomic E-state index is 13.2. The highest BCUT2D eigenvalue weighted by Crippen LogP contribution is 2.47. The minimum atomic E-state index is -4.38. The average molecular weight is 498 g/mol. The summed E-state index contributed by atoms with van der Waals surface area (Å²) in [7, 11) is 8.49. The zero-order valence-electron chi connectivity index (χ0n) is 21.1. The van der Waals surface area contributed by atoms with Gasteiger partial charge in [0.2, 0.25) is 5.75 Å². The molecule has 0 radical (unpaired) electrons. The van der Waals surface area contributed by atoms with Gasteiger partial charge in [0.15, 0.2) is 17.3 Å². The lowest BCUT2D eigenvalue weighted by Crippen LogP contribution is -2.43. The first-order chi connectivity index (χ1) is 16.6. The summed E-state index contributed by atoms with van der Waals surface area (Å²) in [6, 6.07) is 9.04. The molecule has 1 saturated heterocycles. The molecule has 0 aromatic heterocycles. The molecule has 3 rings (SSSR count). The Kier molecular flexibility index (Phi) is 8.24. The molecule has 0 spiro atoms. The Morgan fingerprint density at radius 3 is 1.80 bits per heavy atom. The SMILES string of the molecule is CCC(CCC1(c2cc(OC)c(OC)c(OC)c2)OCCO1)(c1ccc(C(F)(F)F)cc1)N(C)C. The summed E-state index contributed by atoms with van der Waals surface area (Å²) in [5.41, 5.74) is 0.325. The molecule has 1 atom stereocenters. The second kappa shape index (κ2) is 10.6. The molecule has 6 nitrogen and oxygen atoms in total. The van der Waals surface area contributed by atoms with Gasteiger partial charge >= 0.3 is 6.18 Å². The number of hydrogen-bond acceptors (Lipinski definition) is 6. The zero-order valence-corrected chi connectivity index (χ0v) is 21.1. The van der Waals surface area contributed by atoms with Crippen molar-refractivity contribution in [3.63, 3.8) is 0 Å². The van der Waals surface area contributed by atoms with Crippen molar-refractivity contribution in [3.8, 4) is 17.2 Å². The average Bonchev–Trinajstić information content (AvgIpc) is 3.33. The van der Waals surface area contributed by atoms with Crippen LogP contribution < -0.4 is 14.2 Å². The molecular weight excluding hydrogens is 463 g/mol. The first-order valence-corrected chi connectivity index (χ1v) is 11.5. The lowest BCUT2D eigenvalue weighted by atomic mass is 9.79. The van der Waals surface area contributed by atoms with E-state index in [0.717, 1.165) is 23.3 Å². The van der Waals surface area contributed by atoms with Gasteiger partial charge in [-0.2, -0.15) is 13.2 Å². The van der Waals surface area contributed by atoms with Crippen molar-refractivity contribution in [2.75, 3.05) is 48.6 Å². The van der Waals surface area contributed by atoms with Gasteiger partial charge in [0, 0.05) is 17.5 Å². The van der Waals surface area contributed by atoms with Gasteiger partial charge < -0.3 is 23.7 Å². The predicted molar refractivity (Wildman–Crippen MR) is 126 cm³/mol. The molecule has 0 amide bonds. The summed E-state index contributed by atoms with van der Waals surface area (Å²) in [4.78, 5) is 2.05. The fourth-order valence-electron chi connectivity index (χ4n) is 4.88. The van der Waals surface area contributed by atoms with Crippen molar-refractivity contribution in [1.82, 2.24) is 4.90 Å². The van der Waals surface area contributed by atoms with E-state index in [1.807, 2.05) is 38.1 Å². The van der Waals surface area contributed by atoms with Crippen LogP contribution in [-0.4, -0.2) is 53.5 Å². The normalized spacial score (nSPS) is 17.3. The van der Waals surface area contributed by atoms with Crippen LogP contribution in [0.5, 0.6) is 17.2 Å². The molecule has 1 aliphatic heterocycles. The van der Waals surface area contributed by atoms with Crippen molar-refractivity contribution in [3.05, 3.63) is 53.1 Å². The second-order valence-corrected chi connectivity index (χ2v) is 8.72. The number of benzene rings is 2. The molecule has 9 heteroatoms. The number of ether oxygens (including phenoxy) is 5. The van der Waals surface area contributed by atoms with Gasteiger partial charge in [0.1, 0.15) is 0 Å². The van der Waals surface area contributed by atoms with Crippen molar-refractivity contribution in [1.29, 1.82) is 0 Å². The molecule has 35 heavy (non-hydrogen) atoms. The van der Waals surface area contributed by atoms with Crippen LogP contribution in [-0.2, 0) is 27.0 Å². The second-order valence-electron chi connectivity index (χ2n) is 8.72. The maximum atomic E-state index is 13.2. The van der Waals surface area contributed by atoms with E-state index in [1.54, 1.807) is 26.4 Å². The molecular formula is C26H34F3NO5. The molecule has 194 valence electrons. The third-order valence-electron chi connectivity index (χ3n) is 6.92. The molecule has 1 heterocycles. The van der Waals surface area contributed by atoms with E-state index in [9.17, 15) is 13.2 Å². The maximum Gasteiger partial charge on any atom is 0.416 e. The minimum Gasteiger partial charge on any atom is -0.493 e. The summed E-state index contributed by atoms with van der Waals surface area (Å²) in [6.07, 6.45) is -2.68. The molecule has 2 aromatic rings. The summed E-state index contributed by atoms with van der Waals surface area (Å²) in [5, 5.41) is 0. The number of hydrogen-bond donors (Lipinski definition) is 0. The van der Waals surface area contributed by atoms with E-state index in [1.165, 1.54) is 7.11 Å². The number of nitrogens with zero attached hydrogens (tertiary/aromatic N) is 1. The Morgan fingerprint density at radius 1 is 0.886 bits per heavy atom. The van der Waals surface area contributed by atoms with Crippen molar-refractivity contribution in [2.24, 2.45) is 0 Å². The van der Waals surface area contributed by atoms with Crippen LogP contribution in [0.3, 0.4) is 0 Å². The predicted octanol–water partition coefficient (Wildman–Crippen LogP) is 5.58. The number of halogens is 3. The van der Waals surface area contributed by atoms with Crippen molar-refractivity contribution in [2.45, 2.75) is 43.7 Å². The Morgan fingerprint density at radius 2 is 1.40 bits per heavy atom. The summed E-state index contributed by atoms with van der Waals surface area (Å²) >= 11 is 0. The lowest BCUT2D eigenvalue weighted by molar-refractivity contribution is -0.176. The first-order valence-electron chi connectivity index (χ1n) is 11.5. The van der Waals surface area contributed by atoms with Crippen molar-refractivity contribution < 1.29 is 36.9 Å². The Bertz CT molecular complexity index is 962. The third kappa shape index (κ3) is 5.22. The molecule has 1 unspecified atom stereocenters. The van der Waals surface area contributed by atoms with Crippen molar-refractivity contribution >= 4 is 0 Å². The van der Waals surface area contributed by atoms with Gasteiger partial charge in [-0.25, -0.2) is 0 Å². The van der Waals surface area contributed by atoms with Crippen LogP contribution in [0.25, 0.3) is 0 Å². The molecule has 2 aromatic carbocycles. The fraction of sp³-hybridized carbons (Fsp3) is 0.538.